The average molecular weight is 442 g/mol. The van der Waals surface area contributed by atoms with Gasteiger partial charge in [-0.2, -0.15) is 8.68 Å². The highest BCUT2D eigenvalue weighted by molar-refractivity contribution is 7.89. The molecule has 30 heavy (non-hydrogen) atoms. The molecular weight excluding hydrogens is 419 g/mol. The molecule has 0 atom stereocenters. The van der Waals surface area contributed by atoms with Crippen LogP contribution in [0.15, 0.2) is 53.4 Å². The number of hydrogen-bond donors (Lipinski definition) is 0. The van der Waals surface area contributed by atoms with E-state index >= 15 is 0 Å². The minimum Gasteiger partial charge on any atom is -0.497 e. The van der Waals surface area contributed by atoms with Gasteiger partial charge in [0.25, 0.3) is 0 Å². The number of anilines is 1. The SMILES string of the molecule is Bc1ccc(S(=O)(=O)N2CCN(c3nc(Cc4cccc(OC)c4)ns3)CC2)cc1. The zero-order valence-corrected chi connectivity index (χ0v) is 18.6. The van der Waals surface area contributed by atoms with Gasteiger partial charge in [-0.25, -0.2) is 13.4 Å². The first kappa shape index (κ1) is 20.8. The zero-order valence-electron chi connectivity index (χ0n) is 17.0. The number of sulfonamides is 1. The number of benzene rings is 2. The van der Waals surface area contributed by atoms with E-state index in [1.54, 1.807) is 23.5 Å². The fourth-order valence-corrected chi connectivity index (χ4v) is 5.55. The Labute approximate surface area is 181 Å². The Kier molecular flexibility index (Phi) is 6.07. The van der Waals surface area contributed by atoms with Gasteiger partial charge in [-0.1, -0.05) is 29.7 Å². The molecule has 0 N–H and O–H groups in total. The van der Waals surface area contributed by atoms with Gasteiger partial charge in [0.2, 0.25) is 15.2 Å². The second-order valence-corrected chi connectivity index (χ2v) is 9.89. The average Bonchev–Trinajstić information content (AvgIpc) is 3.23. The third-order valence-electron chi connectivity index (χ3n) is 5.12. The second kappa shape index (κ2) is 8.75. The summed E-state index contributed by atoms with van der Waals surface area (Å²) in [6, 6.07) is 14.9. The van der Waals surface area contributed by atoms with Gasteiger partial charge in [0, 0.05) is 44.1 Å². The summed E-state index contributed by atoms with van der Waals surface area (Å²) in [4.78, 5) is 7.11. The topological polar surface area (TPSA) is 75.6 Å². The fourth-order valence-electron chi connectivity index (χ4n) is 3.39. The molecular formula is C20H23BN4O3S2. The van der Waals surface area contributed by atoms with E-state index in [1.807, 2.05) is 44.2 Å². The van der Waals surface area contributed by atoms with Gasteiger partial charge in [0.05, 0.1) is 12.0 Å². The Morgan fingerprint density at radius 1 is 1.10 bits per heavy atom. The van der Waals surface area contributed by atoms with E-state index in [9.17, 15) is 8.42 Å². The van der Waals surface area contributed by atoms with Crippen LogP contribution in [0.1, 0.15) is 11.4 Å². The number of piperazine rings is 1. The Hall–Kier alpha value is -2.43. The van der Waals surface area contributed by atoms with Crippen molar-refractivity contribution in [3.63, 3.8) is 0 Å². The van der Waals surface area contributed by atoms with Gasteiger partial charge >= 0.3 is 0 Å². The highest BCUT2D eigenvalue weighted by Crippen LogP contribution is 2.23. The summed E-state index contributed by atoms with van der Waals surface area (Å²) in [7, 11) is 0.130. The highest BCUT2D eigenvalue weighted by Gasteiger charge is 2.29. The van der Waals surface area contributed by atoms with E-state index in [4.69, 9.17) is 4.74 Å². The van der Waals surface area contributed by atoms with Crippen LogP contribution in [0.4, 0.5) is 5.13 Å². The standard InChI is InChI=1S/C20H23BN4O3S2/c1-28-17-4-2-3-15(13-17)14-19-22-20(29-23-19)24-9-11-25(12-10-24)30(26,27)18-7-5-16(21)6-8-18/h2-8,13H,9-12,14,21H2,1H3. The molecule has 0 unspecified atom stereocenters. The van der Waals surface area contributed by atoms with Crippen LogP contribution in [0.5, 0.6) is 5.75 Å². The number of rotatable bonds is 6. The molecule has 10 heteroatoms. The lowest BCUT2D eigenvalue weighted by Gasteiger charge is -2.33. The van der Waals surface area contributed by atoms with Crippen molar-refractivity contribution in [1.29, 1.82) is 0 Å². The number of hydrogen-bond acceptors (Lipinski definition) is 7. The minimum atomic E-state index is -3.46. The highest BCUT2D eigenvalue weighted by atomic mass is 32.2. The van der Waals surface area contributed by atoms with Crippen LogP contribution < -0.4 is 15.1 Å². The Morgan fingerprint density at radius 3 is 2.53 bits per heavy atom. The maximum absolute atomic E-state index is 12.9. The van der Waals surface area contributed by atoms with Gasteiger partial charge in [-0.15, -0.1) is 0 Å². The number of nitrogens with zero attached hydrogens (tertiary/aromatic N) is 4. The van der Waals surface area contributed by atoms with Crippen molar-refractivity contribution in [2.45, 2.75) is 11.3 Å². The molecule has 1 fully saturated rings. The van der Waals surface area contributed by atoms with Gasteiger partial charge in [0.15, 0.2) is 0 Å². The molecule has 0 saturated carbocycles. The van der Waals surface area contributed by atoms with Crippen LogP contribution in [0.25, 0.3) is 0 Å². The minimum absolute atomic E-state index is 0.345. The molecule has 0 radical (unpaired) electrons. The summed E-state index contributed by atoms with van der Waals surface area (Å²) < 4.78 is 37.0. The number of aromatic nitrogens is 2. The van der Waals surface area contributed by atoms with Gasteiger partial charge in [-0.05, 0) is 29.8 Å². The summed E-state index contributed by atoms with van der Waals surface area (Å²) in [6.07, 6.45) is 0.634. The predicted molar refractivity (Wildman–Crippen MR) is 121 cm³/mol. The molecule has 1 aliphatic heterocycles. The van der Waals surface area contributed by atoms with Crippen molar-refractivity contribution >= 4 is 40.0 Å². The zero-order chi connectivity index (χ0) is 21.1. The van der Waals surface area contributed by atoms with Crippen LogP contribution in [-0.4, -0.2) is 63.2 Å². The van der Waals surface area contributed by atoms with E-state index in [2.05, 4.69) is 14.3 Å². The summed E-state index contributed by atoms with van der Waals surface area (Å²) in [5, 5.41) is 0.834. The lowest BCUT2D eigenvalue weighted by molar-refractivity contribution is 0.384. The van der Waals surface area contributed by atoms with E-state index in [1.165, 1.54) is 11.5 Å². The Bertz CT molecular complexity index is 1110. The molecule has 0 spiro atoms. The lowest BCUT2D eigenvalue weighted by Crippen LogP contribution is -2.48. The lowest BCUT2D eigenvalue weighted by atomic mass is 9.97. The number of ether oxygens (including phenoxy) is 1. The van der Waals surface area contributed by atoms with Crippen molar-refractivity contribution in [3.05, 3.63) is 59.9 Å². The number of methoxy groups -OCH3 is 1. The van der Waals surface area contributed by atoms with Crippen molar-refractivity contribution < 1.29 is 13.2 Å². The van der Waals surface area contributed by atoms with Crippen molar-refractivity contribution in [2.24, 2.45) is 0 Å². The first-order chi connectivity index (χ1) is 14.5. The van der Waals surface area contributed by atoms with Gasteiger partial charge in [-0.3, -0.25) is 0 Å². The molecule has 1 aromatic heterocycles. The van der Waals surface area contributed by atoms with Crippen LogP contribution in [-0.2, 0) is 16.4 Å². The maximum Gasteiger partial charge on any atom is 0.243 e. The smallest absolute Gasteiger partial charge is 0.243 e. The van der Waals surface area contributed by atoms with E-state index in [0.717, 1.165) is 27.7 Å². The largest absolute Gasteiger partial charge is 0.497 e. The molecule has 0 aliphatic carbocycles. The van der Waals surface area contributed by atoms with E-state index in [0.29, 0.717) is 37.5 Å². The maximum atomic E-state index is 12.9. The molecule has 156 valence electrons. The summed E-state index contributed by atoms with van der Waals surface area (Å²) in [5.41, 5.74) is 2.13. The van der Waals surface area contributed by atoms with Gasteiger partial charge < -0.3 is 9.64 Å². The molecule has 1 aliphatic rings. The first-order valence-electron chi connectivity index (χ1n) is 9.73. The van der Waals surface area contributed by atoms with Crippen LogP contribution >= 0.6 is 11.5 Å². The summed E-state index contributed by atoms with van der Waals surface area (Å²) in [6.45, 7) is 2.06. The normalized spacial score (nSPS) is 15.3. The third-order valence-corrected chi connectivity index (χ3v) is 7.85. The Balaban J connectivity index is 1.39. The molecule has 2 aromatic carbocycles. The molecule has 7 nitrogen and oxygen atoms in total. The van der Waals surface area contributed by atoms with Gasteiger partial charge in [0.1, 0.15) is 19.4 Å². The molecule has 4 rings (SSSR count). The van der Waals surface area contributed by atoms with Crippen molar-refractivity contribution in [1.82, 2.24) is 13.7 Å². The van der Waals surface area contributed by atoms with Crippen LogP contribution in [0.2, 0.25) is 0 Å². The van der Waals surface area contributed by atoms with Crippen molar-refractivity contribution in [2.75, 3.05) is 38.2 Å². The Morgan fingerprint density at radius 2 is 1.83 bits per heavy atom. The summed E-state index contributed by atoms with van der Waals surface area (Å²) >= 11 is 1.36. The second-order valence-electron chi connectivity index (χ2n) is 7.23. The molecule has 3 aromatic rings. The molecule has 2 heterocycles. The quantitative estimate of drug-likeness (QED) is 0.529. The predicted octanol–water partition coefficient (Wildman–Crippen LogP) is 0.907. The molecule has 0 bridgehead atoms. The first-order valence-corrected chi connectivity index (χ1v) is 11.9. The fraction of sp³-hybridized carbons (Fsp3) is 0.300. The van der Waals surface area contributed by atoms with E-state index < -0.39 is 10.0 Å². The van der Waals surface area contributed by atoms with Crippen LogP contribution in [0.3, 0.4) is 0 Å². The summed E-state index contributed by atoms with van der Waals surface area (Å²) in [5.74, 6) is 1.58. The van der Waals surface area contributed by atoms with Crippen LogP contribution in [0, 0.1) is 0 Å². The monoisotopic (exact) mass is 442 g/mol. The third kappa shape index (κ3) is 4.50. The van der Waals surface area contributed by atoms with Crippen molar-refractivity contribution in [3.8, 4) is 5.75 Å². The molecule has 1 saturated heterocycles. The molecule has 0 amide bonds. The van der Waals surface area contributed by atoms with E-state index in [-0.39, 0.29) is 0 Å².